The average molecular weight is 373 g/mol. The number of carbonyl (C=O) groups is 2. The van der Waals surface area contributed by atoms with Gasteiger partial charge in [0.1, 0.15) is 5.82 Å². The summed E-state index contributed by atoms with van der Waals surface area (Å²) >= 11 is 0. The largest absolute Gasteiger partial charge is 0.450 e. The number of nitrogens with zero attached hydrogens (tertiary/aromatic N) is 4. The molecule has 1 aliphatic rings. The van der Waals surface area contributed by atoms with E-state index in [1.165, 1.54) is 12.1 Å². The van der Waals surface area contributed by atoms with Gasteiger partial charge in [-0.3, -0.25) is 4.79 Å². The Hall–Kier alpha value is -3.23. The van der Waals surface area contributed by atoms with Crippen LogP contribution in [-0.2, 0) is 4.74 Å². The fraction of sp³-hybridized carbons (Fsp3) is 0.333. The minimum absolute atomic E-state index is 0.193. The van der Waals surface area contributed by atoms with Gasteiger partial charge in [0.25, 0.3) is 5.91 Å². The standard InChI is InChI=1S/C18H20FN5O3/c1-2-27-18(26)24-11-9-23(10-12-24)17(25)15-7-8-16(22-21-15)20-14-6-4-3-5-13(14)19/h3-8H,2,9-12H2,1H3,(H,20,22). The van der Waals surface area contributed by atoms with E-state index in [0.29, 0.717) is 38.6 Å². The second-order valence-corrected chi connectivity index (χ2v) is 5.89. The van der Waals surface area contributed by atoms with Crippen LogP contribution in [-0.4, -0.2) is 64.8 Å². The second kappa shape index (κ2) is 8.43. The van der Waals surface area contributed by atoms with Gasteiger partial charge in [0.15, 0.2) is 11.5 Å². The molecule has 0 radical (unpaired) electrons. The fourth-order valence-corrected chi connectivity index (χ4v) is 2.68. The molecular weight excluding hydrogens is 353 g/mol. The van der Waals surface area contributed by atoms with Crippen molar-refractivity contribution in [3.05, 3.63) is 47.9 Å². The van der Waals surface area contributed by atoms with E-state index in [4.69, 9.17) is 4.74 Å². The van der Waals surface area contributed by atoms with Gasteiger partial charge in [0.2, 0.25) is 0 Å². The number of benzene rings is 1. The molecule has 1 saturated heterocycles. The van der Waals surface area contributed by atoms with Gasteiger partial charge < -0.3 is 19.9 Å². The van der Waals surface area contributed by atoms with Crippen molar-refractivity contribution in [1.82, 2.24) is 20.0 Å². The molecule has 3 rings (SSSR count). The van der Waals surface area contributed by atoms with Gasteiger partial charge >= 0.3 is 6.09 Å². The molecule has 0 spiro atoms. The van der Waals surface area contributed by atoms with Crippen molar-refractivity contribution in [3.63, 3.8) is 0 Å². The smallest absolute Gasteiger partial charge is 0.409 e. The Morgan fingerprint density at radius 2 is 1.78 bits per heavy atom. The lowest BCUT2D eigenvalue weighted by Gasteiger charge is -2.33. The number of para-hydroxylation sites is 1. The quantitative estimate of drug-likeness (QED) is 0.885. The van der Waals surface area contributed by atoms with Crippen LogP contribution in [0.3, 0.4) is 0 Å². The molecule has 0 saturated carbocycles. The first kappa shape index (κ1) is 18.6. The number of halogens is 1. The molecule has 2 amide bonds. The minimum atomic E-state index is -0.404. The van der Waals surface area contributed by atoms with Crippen molar-refractivity contribution in [2.45, 2.75) is 6.92 Å². The molecule has 0 bridgehead atoms. The lowest BCUT2D eigenvalue weighted by molar-refractivity contribution is 0.0565. The highest BCUT2D eigenvalue weighted by molar-refractivity contribution is 5.92. The van der Waals surface area contributed by atoms with Crippen LogP contribution in [0.1, 0.15) is 17.4 Å². The Labute approximate surface area is 155 Å². The number of nitrogens with one attached hydrogen (secondary N) is 1. The predicted octanol–water partition coefficient (Wildman–Crippen LogP) is 2.27. The highest BCUT2D eigenvalue weighted by Gasteiger charge is 2.26. The van der Waals surface area contributed by atoms with Crippen molar-refractivity contribution in [3.8, 4) is 0 Å². The number of hydrogen-bond acceptors (Lipinski definition) is 6. The predicted molar refractivity (Wildman–Crippen MR) is 96.2 cm³/mol. The van der Waals surface area contributed by atoms with Gasteiger partial charge in [0, 0.05) is 26.2 Å². The third-order valence-electron chi connectivity index (χ3n) is 4.11. The zero-order valence-corrected chi connectivity index (χ0v) is 14.9. The van der Waals surface area contributed by atoms with Crippen molar-refractivity contribution in [2.75, 3.05) is 38.1 Å². The number of piperazine rings is 1. The molecule has 142 valence electrons. The highest BCUT2D eigenvalue weighted by atomic mass is 19.1. The maximum absolute atomic E-state index is 13.7. The van der Waals surface area contributed by atoms with Gasteiger partial charge in [-0.05, 0) is 31.2 Å². The van der Waals surface area contributed by atoms with Gasteiger partial charge in [0.05, 0.1) is 12.3 Å². The molecule has 0 atom stereocenters. The van der Waals surface area contributed by atoms with Crippen LogP contribution in [0.2, 0.25) is 0 Å². The van der Waals surface area contributed by atoms with E-state index >= 15 is 0 Å². The van der Waals surface area contributed by atoms with E-state index < -0.39 is 5.82 Å². The topological polar surface area (TPSA) is 87.7 Å². The number of rotatable bonds is 4. The van der Waals surface area contributed by atoms with Crippen molar-refractivity contribution >= 4 is 23.5 Å². The monoisotopic (exact) mass is 373 g/mol. The summed E-state index contributed by atoms with van der Waals surface area (Å²) in [5.74, 6) is -0.328. The Kier molecular flexibility index (Phi) is 5.80. The van der Waals surface area contributed by atoms with Gasteiger partial charge in [-0.2, -0.15) is 0 Å². The molecule has 8 nitrogen and oxygen atoms in total. The number of amides is 2. The number of carbonyl (C=O) groups excluding carboxylic acids is 2. The summed E-state index contributed by atoms with van der Waals surface area (Å²) in [7, 11) is 0. The summed E-state index contributed by atoms with van der Waals surface area (Å²) in [6.45, 7) is 3.68. The van der Waals surface area contributed by atoms with E-state index in [2.05, 4.69) is 15.5 Å². The van der Waals surface area contributed by atoms with Crippen molar-refractivity contribution < 1.29 is 18.7 Å². The number of anilines is 2. The number of aromatic nitrogens is 2. The third-order valence-corrected chi connectivity index (χ3v) is 4.11. The molecule has 1 aromatic carbocycles. The summed E-state index contributed by atoms with van der Waals surface area (Å²) in [5, 5.41) is 10.7. The molecule has 2 aromatic rings. The second-order valence-electron chi connectivity index (χ2n) is 5.89. The van der Waals surface area contributed by atoms with E-state index in [0.717, 1.165) is 0 Å². The van der Waals surface area contributed by atoms with Gasteiger partial charge in [-0.25, -0.2) is 9.18 Å². The lowest BCUT2D eigenvalue weighted by Crippen LogP contribution is -2.50. The zero-order valence-electron chi connectivity index (χ0n) is 14.9. The molecule has 1 fully saturated rings. The maximum Gasteiger partial charge on any atom is 0.409 e. The molecule has 0 unspecified atom stereocenters. The molecule has 1 aromatic heterocycles. The molecule has 1 N–H and O–H groups in total. The maximum atomic E-state index is 13.7. The van der Waals surface area contributed by atoms with Crippen LogP contribution in [0.4, 0.5) is 20.7 Å². The van der Waals surface area contributed by atoms with Crippen molar-refractivity contribution in [1.29, 1.82) is 0 Å². The lowest BCUT2D eigenvalue weighted by atomic mass is 10.2. The minimum Gasteiger partial charge on any atom is -0.450 e. The zero-order chi connectivity index (χ0) is 19.2. The number of hydrogen-bond donors (Lipinski definition) is 1. The van der Waals surface area contributed by atoms with Crippen LogP contribution in [0.5, 0.6) is 0 Å². The van der Waals surface area contributed by atoms with Crippen LogP contribution in [0.15, 0.2) is 36.4 Å². The van der Waals surface area contributed by atoms with Crippen molar-refractivity contribution in [2.24, 2.45) is 0 Å². The van der Waals surface area contributed by atoms with Crippen LogP contribution < -0.4 is 5.32 Å². The summed E-state index contributed by atoms with van der Waals surface area (Å²) in [5.41, 5.74) is 0.472. The SMILES string of the molecule is CCOC(=O)N1CCN(C(=O)c2ccc(Nc3ccccc3F)nn2)CC1. The normalized spacial score (nSPS) is 14.0. The molecule has 27 heavy (non-hydrogen) atoms. The molecular formula is C18H20FN5O3. The summed E-state index contributed by atoms with van der Waals surface area (Å²) < 4.78 is 18.6. The Balaban J connectivity index is 1.58. The Bertz CT molecular complexity index is 807. The van der Waals surface area contributed by atoms with Crippen LogP contribution in [0.25, 0.3) is 0 Å². The first-order chi connectivity index (χ1) is 13.1. The van der Waals surface area contributed by atoms with Crippen LogP contribution >= 0.6 is 0 Å². The summed E-state index contributed by atoms with van der Waals surface area (Å²) in [4.78, 5) is 27.4. The first-order valence-corrected chi connectivity index (χ1v) is 8.64. The summed E-state index contributed by atoms with van der Waals surface area (Å²) in [6, 6.07) is 9.32. The summed E-state index contributed by atoms with van der Waals surface area (Å²) in [6.07, 6.45) is -0.368. The first-order valence-electron chi connectivity index (χ1n) is 8.64. The average Bonchev–Trinajstić information content (AvgIpc) is 2.70. The van der Waals surface area contributed by atoms with Gasteiger partial charge in [-0.1, -0.05) is 12.1 Å². The molecule has 1 aliphatic heterocycles. The van der Waals surface area contributed by atoms with E-state index in [9.17, 15) is 14.0 Å². The molecule has 0 aliphatic carbocycles. The van der Waals surface area contributed by atoms with Gasteiger partial charge in [-0.15, -0.1) is 10.2 Å². The van der Waals surface area contributed by atoms with E-state index in [1.54, 1.807) is 41.0 Å². The van der Waals surface area contributed by atoms with E-state index in [-0.39, 0.29) is 23.4 Å². The Morgan fingerprint density at radius 3 is 2.41 bits per heavy atom. The third kappa shape index (κ3) is 4.49. The van der Waals surface area contributed by atoms with E-state index in [1.807, 2.05) is 0 Å². The fourth-order valence-electron chi connectivity index (χ4n) is 2.68. The molecule has 2 heterocycles. The Morgan fingerprint density at radius 1 is 1.07 bits per heavy atom. The molecule has 9 heteroatoms. The van der Waals surface area contributed by atoms with Crippen LogP contribution in [0, 0.1) is 5.82 Å². The number of ether oxygens (including phenoxy) is 1. The highest BCUT2D eigenvalue weighted by Crippen LogP contribution is 2.17.